The van der Waals surface area contributed by atoms with Crippen molar-refractivity contribution in [3.63, 3.8) is 0 Å². The number of ether oxygens (including phenoxy) is 3. The molecule has 1 fully saturated rings. The maximum Gasteiger partial charge on any atom is 0.295 e. The summed E-state index contributed by atoms with van der Waals surface area (Å²) in [4.78, 5) is 10.2. The van der Waals surface area contributed by atoms with Crippen LogP contribution in [0.25, 0.3) is 0 Å². The molecule has 1 rings (SSSR count). The van der Waals surface area contributed by atoms with E-state index in [-0.39, 0.29) is 6.47 Å². The van der Waals surface area contributed by atoms with E-state index in [9.17, 15) is 20.1 Å². The highest BCUT2D eigenvalue weighted by Crippen LogP contribution is 2.31. The highest BCUT2D eigenvalue weighted by Gasteiger charge is 2.54. The van der Waals surface area contributed by atoms with Crippen LogP contribution in [0.3, 0.4) is 0 Å². The number of carbonyl (C=O) groups excluding carboxylic acids is 1. The van der Waals surface area contributed by atoms with Crippen LogP contribution in [-0.2, 0) is 19.0 Å². The average Bonchev–Trinajstić information content (AvgIpc) is 2.23. The van der Waals surface area contributed by atoms with Gasteiger partial charge in [-0.05, 0) is 6.92 Å². The van der Waals surface area contributed by atoms with Gasteiger partial charge >= 0.3 is 0 Å². The van der Waals surface area contributed by atoms with E-state index in [4.69, 9.17) is 9.47 Å². The summed E-state index contributed by atoms with van der Waals surface area (Å²) in [6, 6.07) is 0. The summed E-state index contributed by atoms with van der Waals surface area (Å²) >= 11 is 0. The summed E-state index contributed by atoms with van der Waals surface area (Å²) in [7, 11) is 1.26. The van der Waals surface area contributed by atoms with Gasteiger partial charge in [0.25, 0.3) is 6.47 Å². The Labute approximate surface area is 86.2 Å². The molecule has 3 N–H and O–H groups in total. The molecule has 0 saturated carbocycles. The normalized spacial score (nSPS) is 46.2. The van der Waals surface area contributed by atoms with E-state index < -0.39 is 30.4 Å². The predicted octanol–water partition coefficient (Wildman–Crippen LogP) is -2.04. The molecule has 0 aromatic carbocycles. The highest BCUT2D eigenvalue weighted by molar-refractivity contribution is 5.37. The molecule has 5 atom stereocenters. The summed E-state index contributed by atoms with van der Waals surface area (Å²) in [6.45, 7) is 1.50. The molecule has 5 unspecified atom stereocenters. The smallest absolute Gasteiger partial charge is 0.295 e. The van der Waals surface area contributed by atoms with Gasteiger partial charge in [-0.3, -0.25) is 4.79 Å². The quantitative estimate of drug-likeness (QED) is 0.472. The van der Waals surface area contributed by atoms with Gasteiger partial charge in [-0.2, -0.15) is 0 Å². The lowest BCUT2D eigenvalue weighted by Gasteiger charge is -2.45. The second-order valence-corrected chi connectivity index (χ2v) is 3.41. The zero-order valence-corrected chi connectivity index (χ0v) is 8.36. The van der Waals surface area contributed by atoms with E-state index in [1.54, 1.807) is 0 Å². The maximum absolute atomic E-state index is 10.2. The SMILES string of the molecule is COC1(C)C(OC=O)OC(O)C(O)C1O. The minimum absolute atomic E-state index is 0.110. The summed E-state index contributed by atoms with van der Waals surface area (Å²) in [5.74, 6) is 0. The molecule has 0 radical (unpaired) electrons. The first-order chi connectivity index (χ1) is 6.97. The molecule has 15 heavy (non-hydrogen) atoms. The zero-order valence-electron chi connectivity index (χ0n) is 8.36. The molecule has 7 heteroatoms. The first-order valence-corrected chi connectivity index (χ1v) is 4.31. The number of aliphatic hydroxyl groups excluding tert-OH is 3. The van der Waals surface area contributed by atoms with Crippen LogP contribution < -0.4 is 0 Å². The molecular weight excluding hydrogens is 208 g/mol. The van der Waals surface area contributed by atoms with Crippen molar-refractivity contribution in [1.82, 2.24) is 0 Å². The van der Waals surface area contributed by atoms with Crippen LogP contribution in [0, 0.1) is 0 Å². The topological polar surface area (TPSA) is 105 Å². The van der Waals surface area contributed by atoms with E-state index in [2.05, 4.69) is 4.74 Å². The summed E-state index contributed by atoms with van der Waals surface area (Å²) in [5, 5.41) is 28.2. The van der Waals surface area contributed by atoms with Gasteiger partial charge in [-0.25, -0.2) is 0 Å². The average molecular weight is 222 g/mol. The molecule has 1 aliphatic heterocycles. The van der Waals surface area contributed by atoms with Crippen LogP contribution in [0.5, 0.6) is 0 Å². The Hall–Kier alpha value is -0.730. The van der Waals surface area contributed by atoms with E-state index in [0.717, 1.165) is 0 Å². The molecule has 0 aromatic rings. The maximum atomic E-state index is 10.2. The Kier molecular flexibility index (Phi) is 3.63. The van der Waals surface area contributed by atoms with Crippen molar-refractivity contribution in [3.8, 4) is 0 Å². The molecular formula is C8H14O7. The molecule has 0 bridgehead atoms. The molecule has 7 nitrogen and oxygen atoms in total. The van der Waals surface area contributed by atoms with Crippen molar-refractivity contribution in [2.24, 2.45) is 0 Å². The van der Waals surface area contributed by atoms with Crippen LogP contribution in [0.1, 0.15) is 6.92 Å². The summed E-state index contributed by atoms with van der Waals surface area (Å²) < 4.78 is 14.2. The molecule has 0 spiro atoms. The second kappa shape index (κ2) is 4.42. The van der Waals surface area contributed by atoms with Gasteiger partial charge in [0.15, 0.2) is 11.9 Å². The van der Waals surface area contributed by atoms with Crippen LogP contribution in [0.4, 0.5) is 0 Å². The third-order valence-corrected chi connectivity index (χ3v) is 2.55. The van der Waals surface area contributed by atoms with Crippen molar-refractivity contribution in [2.75, 3.05) is 7.11 Å². The Bertz CT molecular complexity index is 233. The fourth-order valence-electron chi connectivity index (χ4n) is 1.41. The van der Waals surface area contributed by atoms with Gasteiger partial charge in [0, 0.05) is 7.11 Å². The van der Waals surface area contributed by atoms with Crippen molar-refractivity contribution >= 4 is 6.47 Å². The lowest BCUT2D eigenvalue weighted by molar-refractivity contribution is -0.362. The lowest BCUT2D eigenvalue weighted by Crippen LogP contribution is -2.65. The minimum Gasteiger partial charge on any atom is -0.435 e. The predicted molar refractivity (Wildman–Crippen MR) is 45.5 cm³/mol. The number of aliphatic hydroxyl groups is 3. The van der Waals surface area contributed by atoms with Gasteiger partial charge in [0.05, 0.1) is 0 Å². The molecule has 0 aromatic heterocycles. The standard InChI is InChI=1S/C8H14O7/c1-8(13-2)5(11)4(10)6(12)15-7(8)14-3-9/h3-7,10-12H,1-2H3. The van der Waals surface area contributed by atoms with E-state index in [1.165, 1.54) is 14.0 Å². The van der Waals surface area contributed by atoms with Crippen molar-refractivity contribution in [3.05, 3.63) is 0 Å². The molecule has 0 amide bonds. The zero-order chi connectivity index (χ0) is 11.6. The van der Waals surface area contributed by atoms with E-state index in [0.29, 0.717) is 0 Å². The van der Waals surface area contributed by atoms with Crippen LogP contribution in [-0.4, -0.2) is 59.3 Å². The number of carbonyl (C=O) groups is 1. The van der Waals surface area contributed by atoms with Gasteiger partial charge in [-0.1, -0.05) is 0 Å². The molecule has 1 heterocycles. The highest BCUT2D eigenvalue weighted by atomic mass is 16.8. The Morgan fingerprint density at radius 2 is 2.00 bits per heavy atom. The number of hydrogen-bond acceptors (Lipinski definition) is 7. The van der Waals surface area contributed by atoms with Crippen molar-refractivity contribution in [1.29, 1.82) is 0 Å². The molecule has 0 aliphatic carbocycles. The first kappa shape index (κ1) is 12.3. The molecule has 1 saturated heterocycles. The first-order valence-electron chi connectivity index (χ1n) is 4.31. The molecule has 88 valence electrons. The summed E-state index contributed by atoms with van der Waals surface area (Å²) in [5.41, 5.74) is -1.43. The van der Waals surface area contributed by atoms with Crippen LogP contribution in [0.2, 0.25) is 0 Å². The fraction of sp³-hybridized carbons (Fsp3) is 0.875. The summed E-state index contributed by atoms with van der Waals surface area (Å²) in [6.07, 6.45) is -5.88. The number of rotatable bonds is 3. The van der Waals surface area contributed by atoms with Crippen LogP contribution >= 0.6 is 0 Å². The Morgan fingerprint density at radius 1 is 1.40 bits per heavy atom. The van der Waals surface area contributed by atoms with Gasteiger partial charge in [0.2, 0.25) is 6.29 Å². The third kappa shape index (κ3) is 1.97. The van der Waals surface area contributed by atoms with Crippen molar-refractivity contribution < 1.29 is 34.3 Å². The van der Waals surface area contributed by atoms with Crippen molar-refractivity contribution in [2.45, 2.75) is 37.3 Å². The van der Waals surface area contributed by atoms with E-state index in [1.807, 2.05) is 0 Å². The second-order valence-electron chi connectivity index (χ2n) is 3.41. The number of hydrogen-bond donors (Lipinski definition) is 3. The van der Waals surface area contributed by atoms with E-state index >= 15 is 0 Å². The molecule has 1 aliphatic rings. The third-order valence-electron chi connectivity index (χ3n) is 2.55. The number of methoxy groups -OCH3 is 1. The Morgan fingerprint density at radius 3 is 2.47 bits per heavy atom. The fourth-order valence-corrected chi connectivity index (χ4v) is 1.41. The van der Waals surface area contributed by atoms with Gasteiger partial charge < -0.3 is 29.5 Å². The van der Waals surface area contributed by atoms with Crippen LogP contribution in [0.15, 0.2) is 0 Å². The van der Waals surface area contributed by atoms with Gasteiger partial charge in [-0.15, -0.1) is 0 Å². The monoisotopic (exact) mass is 222 g/mol. The van der Waals surface area contributed by atoms with Gasteiger partial charge in [0.1, 0.15) is 12.2 Å². The minimum atomic E-state index is -1.63. The lowest BCUT2D eigenvalue weighted by atomic mass is 9.90. The largest absolute Gasteiger partial charge is 0.435 e. The Balaban J connectivity index is 2.91.